The van der Waals surface area contributed by atoms with Crippen molar-refractivity contribution < 1.29 is 22.7 Å². The van der Waals surface area contributed by atoms with Crippen LogP contribution in [0.1, 0.15) is 53.4 Å². The highest BCUT2D eigenvalue weighted by Gasteiger charge is 2.47. The van der Waals surface area contributed by atoms with Crippen molar-refractivity contribution in [3.8, 4) is 0 Å². The summed E-state index contributed by atoms with van der Waals surface area (Å²) in [5.41, 5.74) is 8.54. The zero-order valence-corrected chi connectivity index (χ0v) is 14.6. The number of ether oxygens (including phenoxy) is 1. The minimum atomic E-state index is -3.76. The summed E-state index contributed by atoms with van der Waals surface area (Å²) in [6.45, 7) is 6.89. The van der Waals surface area contributed by atoms with E-state index in [2.05, 4.69) is 0 Å². The molecule has 0 unspecified atom stereocenters. The molecular weight excluding hydrogens is 308 g/mol. The zero-order valence-electron chi connectivity index (χ0n) is 13.8. The van der Waals surface area contributed by atoms with Crippen LogP contribution in [0.4, 0.5) is 0 Å². The predicted molar refractivity (Wildman–Crippen MR) is 84.7 cm³/mol. The molecular formula is C14H28N2O5S. The molecule has 0 aromatic rings. The molecule has 1 atom stereocenters. The lowest BCUT2D eigenvalue weighted by molar-refractivity contribution is -0.156. The number of rotatable bonds is 10. The molecule has 0 aliphatic rings. The Morgan fingerprint density at radius 1 is 1.14 bits per heavy atom. The van der Waals surface area contributed by atoms with Gasteiger partial charge in [0.05, 0.1) is 17.1 Å². The lowest BCUT2D eigenvalue weighted by Gasteiger charge is -2.27. The number of sulfone groups is 1. The molecule has 22 heavy (non-hydrogen) atoms. The number of carbonyl (C=O) groups is 2. The number of nitrogens with two attached hydrogens (primary N) is 2. The van der Waals surface area contributed by atoms with Crippen LogP contribution in [-0.4, -0.2) is 42.9 Å². The summed E-state index contributed by atoms with van der Waals surface area (Å²) < 4.78 is 29.9. The van der Waals surface area contributed by atoms with Crippen molar-refractivity contribution >= 4 is 21.7 Å². The summed E-state index contributed by atoms with van der Waals surface area (Å²) in [5.74, 6) is -3.13. The number of amides is 1. The van der Waals surface area contributed by atoms with Crippen LogP contribution >= 0.6 is 0 Å². The minimum Gasteiger partial charge on any atom is -0.461 e. The van der Waals surface area contributed by atoms with Gasteiger partial charge in [-0.05, 0) is 26.7 Å². The maximum atomic E-state index is 12.5. The third-order valence-corrected chi connectivity index (χ3v) is 5.65. The smallest absolute Gasteiger partial charge is 0.337 e. The lowest BCUT2D eigenvalue weighted by Crippen LogP contribution is -2.63. The second-order valence-electron chi connectivity index (χ2n) is 5.80. The molecule has 0 fully saturated rings. The van der Waals surface area contributed by atoms with E-state index in [1.165, 1.54) is 0 Å². The molecule has 7 nitrogen and oxygen atoms in total. The van der Waals surface area contributed by atoms with Crippen LogP contribution in [0.5, 0.6) is 0 Å². The summed E-state index contributed by atoms with van der Waals surface area (Å²) in [4.78, 5) is 23.6. The van der Waals surface area contributed by atoms with E-state index in [1.54, 1.807) is 13.8 Å². The SMILES string of the molecule is CCCC(CCC)S(=O)(=O)C[C@@](N)(C(N)=O)C(=O)OC(C)C. The molecule has 0 heterocycles. The number of hydrogen-bond donors (Lipinski definition) is 2. The van der Waals surface area contributed by atoms with E-state index in [4.69, 9.17) is 16.2 Å². The normalized spacial score (nSPS) is 14.9. The van der Waals surface area contributed by atoms with Crippen molar-refractivity contribution in [2.45, 2.75) is 70.3 Å². The molecule has 130 valence electrons. The quantitative estimate of drug-likeness (QED) is 0.441. The van der Waals surface area contributed by atoms with Crippen molar-refractivity contribution in [2.24, 2.45) is 11.5 Å². The Bertz CT molecular complexity index is 483. The number of esters is 1. The highest BCUT2D eigenvalue weighted by molar-refractivity contribution is 7.92. The standard InChI is InChI=1S/C14H28N2O5S/c1-5-7-11(8-6-2)22(19,20)9-14(16,12(15)17)13(18)21-10(3)4/h10-11H,5-9,16H2,1-4H3,(H2,15,17)/t14-/m1/s1. The van der Waals surface area contributed by atoms with E-state index in [-0.39, 0.29) is 0 Å². The zero-order chi connectivity index (χ0) is 17.6. The van der Waals surface area contributed by atoms with Gasteiger partial charge in [-0.15, -0.1) is 0 Å². The Morgan fingerprint density at radius 3 is 1.91 bits per heavy atom. The number of hydrogen-bond acceptors (Lipinski definition) is 6. The van der Waals surface area contributed by atoms with Crippen molar-refractivity contribution in [2.75, 3.05) is 5.75 Å². The molecule has 1 amide bonds. The largest absolute Gasteiger partial charge is 0.461 e. The maximum Gasteiger partial charge on any atom is 0.337 e. The Morgan fingerprint density at radius 2 is 1.59 bits per heavy atom. The first kappa shape index (κ1) is 20.9. The van der Waals surface area contributed by atoms with E-state index in [1.807, 2.05) is 13.8 Å². The molecule has 0 saturated carbocycles. The average molecular weight is 336 g/mol. The summed E-state index contributed by atoms with van der Waals surface area (Å²) in [6, 6.07) is 0. The van der Waals surface area contributed by atoms with Gasteiger partial charge in [0.1, 0.15) is 0 Å². The van der Waals surface area contributed by atoms with E-state index in [0.29, 0.717) is 25.7 Å². The lowest BCUT2D eigenvalue weighted by atomic mass is 10.0. The number of primary amides is 1. The highest BCUT2D eigenvalue weighted by atomic mass is 32.2. The first-order chi connectivity index (χ1) is 10.0. The van der Waals surface area contributed by atoms with Crippen LogP contribution in [0.2, 0.25) is 0 Å². The van der Waals surface area contributed by atoms with E-state index >= 15 is 0 Å². The van der Waals surface area contributed by atoms with E-state index in [9.17, 15) is 18.0 Å². The summed E-state index contributed by atoms with van der Waals surface area (Å²) in [6.07, 6.45) is 1.72. The van der Waals surface area contributed by atoms with Crippen molar-refractivity contribution in [3.05, 3.63) is 0 Å². The summed E-state index contributed by atoms with van der Waals surface area (Å²) >= 11 is 0. The molecule has 8 heteroatoms. The van der Waals surface area contributed by atoms with Gasteiger partial charge in [-0.1, -0.05) is 26.7 Å². The molecule has 0 radical (unpaired) electrons. The van der Waals surface area contributed by atoms with Gasteiger partial charge in [0.2, 0.25) is 11.4 Å². The van der Waals surface area contributed by atoms with Gasteiger partial charge in [-0.2, -0.15) is 0 Å². The molecule has 0 aromatic carbocycles. The average Bonchev–Trinajstić information content (AvgIpc) is 2.36. The van der Waals surface area contributed by atoms with Gasteiger partial charge in [-0.25, -0.2) is 13.2 Å². The molecule has 0 aliphatic heterocycles. The molecule has 0 aromatic heterocycles. The first-order valence-corrected chi connectivity index (χ1v) is 9.24. The van der Waals surface area contributed by atoms with Gasteiger partial charge >= 0.3 is 5.97 Å². The first-order valence-electron chi connectivity index (χ1n) is 7.52. The van der Waals surface area contributed by atoms with Gasteiger partial charge in [0.15, 0.2) is 9.84 Å². The summed E-state index contributed by atoms with van der Waals surface area (Å²) in [7, 11) is -3.76. The van der Waals surface area contributed by atoms with Crippen molar-refractivity contribution in [1.29, 1.82) is 0 Å². The van der Waals surface area contributed by atoms with Crippen LogP contribution in [-0.2, 0) is 24.2 Å². The van der Waals surface area contributed by atoms with Crippen molar-refractivity contribution in [3.63, 3.8) is 0 Å². The minimum absolute atomic E-state index is 0.449. The van der Waals surface area contributed by atoms with E-state index in [0.717, 1.165) is 0 Å². The van der Waals surface area contributed by atoms with Crippen LogP contribution in [0, 0.1) is 0 Å². The number of carbonyl (C=O) groups excluding carboxylic acids is 2. The van der Waals surface area contributed by atoms with Crippen LogP contribution in [0.15, 0.2) is 0 Å². The Hall–Kier alpha value is -1.15. The monoisotopic (exact) mass is 336 g/mol. The van der Waals surface area contributed by atoms with Gasteiger partial charge in [-0.3, -0.25) is 4.79 Å². The fourth-order valence-corrected chi connectivity index (χ4v) is 4.45. The molecule has 0 rings (SSSR count). The topological polar surface area (TPSA) is 130 Å². The molecule has 4 N–H and O–H groups in total. The van der Waals surface area contributed by atoms with Gasteiger partial charge < -0.3 is 16.2 Å². The second kappa shape index (κ2) is 8.47. The summed E-state index contributed by atoms with van der Waals surface area (Å²) in [5, 5.41) is -0.642. The third kappa shape index (κ3) is 5.57. The Kier molecular flexibility index (Phi) is 8.03. The molecule has 0 aliphatic carbocycles. The van der Waals surface area contributed by atoms with Gasteiger partial charge in [0, 0.05) is 0 Å². The predicted octanol–water partition coefficient (Wildman–Crippen LogP) is 0.504. The Labute approximate surface area is 132 Å². The van der Waals surface area contributed by atoms with Gasteiger partial charge in [0.25, 0.3) is 0 Å². The van der Waals surface area contributed by atoms with Crippen molar-refractivity contribution in [1.82, 2.24) is 0 Å². The van der Waals surface area contributed by atoms with Crippen LogP contribution < -0.4 is 11.5 Å². The van der Waals surface area contributed by atoms with E-state index < -0.39 is 44.4 Å². The van der Waals surface area contributed by atoms with Crippen LogP contribution in [0.3, 0.4) is 0 Å². The molecule has 0 saturated heterocycles. The fraction of sp³-hybridized carbons (Fsp3) is 0.857. The Balaban J connectivity index is 5.46. The maximum absolute atomic E-state index is 12.5. The highest BCUT2D eigenvalue weighted by Crippen LogP contribution is 2.20. The fourth-order valence-electron chi connectivity index (χ4n) is 2.13. The second-order valence-corrected chi connectivity index (χ2v) is 8.08. The molecule has 0 spiro atoms. The molecule has 0 bridgehead atoms. The third-order valence-electron chi connectivity index (χ3n) is 3.30. The van der Waals surface area contributed by atoms with Crippen LogP contribution in [0.25, 0.3) is 0 Å².